The van der Waals surface area contributed by atoms with Crippen LogP contribution in [0.3, 0.4) is 0 Å². The molecule has 0 spiro atoms. The van der Waals surface area contributed by atoms with Crippen LogP contribution in [-0.2, 0) is 0 Å². The maximum absolute atomic E-state index is 2.38. The lowest BCUT2D eigenvalue weighted by molar-refractivity contribution is 0.726. The summed E-state index contributed by atoms with van der Waals surface area (Å²) < 4.78 is 1.28. The summed E-state index contributed by atoms with van der Waals surface area (Å²) >= 11 is 2.38. The van der Waals surface area contributed by atoms with E-state index in [0.717, 1.165) is 6.42 Å². The summed E-state index contributed by atoms with van der Waals surface area (Å²) in [5.41, 5.74) is 8.86. The largest absolute Gasteiger partial charge is 0.311 e. The average molecular weight is 491 g/mol. The summed E-state index contributed by atoms with van der Waals surface area (Å²) in [6.07, 6.45) is 8.02. The molecular weight excluding hydrogens is 465 g/mol. The molecule has 29 heavy (non-hydrogen) atoms. The van der Waals surface area contributed by atoms with E-state index in [1.165, 1.54) is 42.9 Å². The maximum Gasteiger partial charge on any atom is 0.0464 e. The van der Waals surface area contributed by atoms with Crippen molar-refractivity contribution in [3.05, 3.63) is 105 Å². The van der Waals surface area contributed by atoms with Crippen LogP contribution >= 0.6 is 22.6 Å². The Labute approximate surface area is 187 Å². The molecule has 1 atom stereocenters. The van der Waals surface area contributed by atoms with E-state index in [1.54, 1.807) is 0 Å². The van der Waals surface area contributed by atoms with Gasteiger partial charge in [0.25, 0.3) is 0 Å². The standard InChI is InChI=1S/C27H26IN/c1-19-8-7-11-24(16-19)29(23-9-5-4-6-10-23)25-13-15-27(21(3)18-25)26-14-12-22(28)17-20(26)2/h4-7,9-19H,8H2,1-3H3. The monoisotopic (exact) mass is 491 g/mol. The number of rotatable bonds is 4. The quantitative estimate of drug-likeness (QED) is 0.333. The van der Waals surface area contributed by atoms with E-state index < -0.39 is 0 Å². The molecule has 3 aromatic rings. The molecule has 0 saturated carbocycles. The molecule has 0 aliphatic heterocycles. The SMILES string of the molecule is Cc1cc(I)ccc1-c1ccc(N(C2=CC(C)CC=C2)c2ccccc2)cc1C. The van der Waals surface area contributed by atoms with E-state index in [1.807, 2.05) is 0 Å². The summed E-state index contributed by atoms with van der Waals surface area (Å²) in [5.74, 6) is 0.552. The summed E-state index contributed by atoms with van der Waals surface area (Å²) in [6, 6.07) is 24.2. The van der Waals surface area contributed by atoms with Gasteiger partial charge in [0.1, 0.15) is 0 Å². The van der Waals surface area contributed by atoms with Gasteiger partial charge in [-0.2, -0.15) is 0 Å². The van der Waals surface area contributed by atoms with Crippen molar-refractivity contribution in [2.45, 2.75) is 27.2 Å². The number of para-hydroxylation sites is 1. The Morgan fingerprint density at radius 2 is 1.52 bits per heavy atom. The highest BCUT2D eigenvalue weighted by atomic mass is 127. The third-order valence-corrected chi connectivity index (χ3v) is 6.14. The zero-order valence-electron chi connectivity index (χ0n) is 17.2. The normalized spacial score (nSPS) is 15.9. The van der Waals surface area contributed by atoms with Crippen LogP contribution in [0.1, 0.15) is 24.5 Å². The first-order valence-corrected chi connectivity index (χ1v) is 11.2. The average Bonchev–Trinajstić information content (AvgIpc) is 2.70. The fourth-order valence-corrected chi connectivity index (χ4v) is 4.66. The van der Waals surface area contributed by atoms with E-state index in [0.29, 0.717) is 5.92 Å². The lowest BCUT2D eigenvalue weighted by Crippen LogP contribution is -2.17. The van der Waals surface area contributed by atoms with Gasteiger partial charge in [-0.1, -0.05) is 49.4 Å². The van der Waals surface area contributed by atoms with Crippen molar-refractivity contribution in [2.24, 2.45) is 5.92 Å². The van der Waals surface area contributed by atoms with Crippen molar-refractivity contribution < 1.29 is 0 Å². The van der Waals surface area contributed by atoms with Gasteiger partial charge in [-0.25, -0.2) is 0 Å². The van der Waals surface area contributed by atoms with Crippen LogP contribution in [0.2, 0.25) is 0 Å². The Hall–Kier alpha value is -2.33. The smallest absolute Gasteiger partial charge is 0.0464 e. The first-order valence-electron chi connectivity index (χ1n) is 10.1. The van der Waals surface area contributed by atoms with Crippen LogP contribution in [0.25, 0.3) is 11.1 Å². The van der Waals surface area contributed by atoms with Gasteiger partial charge in [0.05, 0.1) is 0 Å². The molecule has 4 rings (SSSR count). The summed E-state index contributed by atoms with van der Waals surface area (Å²) in [7, 11) is 0. The fourth-order valence-electron chi connectivity index (χ4n) is 4.01. The topological polar surface area (TPSA) is 3.24 Å². The Bertz CT molecular complexity index is 1080. The molecule has 0 bridgehead atoms. The molecule has 0 N–H and O–H groups in total. The zero-order chi connectivity index (χ0) is 20.4. The molecule has 1 nitrogen and oxygen atoms in total. The fraction of sp³-hybridized carbons (Fsp3) is 0.185. The van der Waals surface area contributed by atoms with Crippen LogP contribution < -0.4 is 4.90 Å². The van der Waals surface area contributed by atoms with Crippen molar-refractivity contribution in [3.63, 3.8) is 0 Å². The summed E-state index contributed by atoms with van der Waals surface area (Å²) in [5, 5.41) is 0. The molecule has 0 radical (unpaired) electrons. The van der Waals surface area contributed by atoms with Gasteiger partial charge in [0.15, 0.2) is 0 Å². The number of hydrogen-bond acceptors (Lipinski definition) is 1. The Balaban J connectivity index is 1.80. The van der Waals surface area contributed by atoms with Gasteiger partial charge >= 0.3 is 0 Å². The predicted octanol–water partition coefficient (Wildman–Crippen LogP) is 8.19. The molecule has 0 amide bonds. The second-order valence-electron chi connectivity index (χ2n) is 7.84. The van der Waals surface area contributed by atoms with Gasteiger partial charge in [-0.3, -0.25) is 0 Å². The lowest BCUT2D eigenvalue weighted by atomic mass is 9.95. The second kappa shape index (κ2) is 8.58. The van der Waals surface area contributed by atoms with E-state index in [9.17, 15) is 0 Å². The number of hydrogen-bond donors (Lipinski definition) is 0. The lowest BCUT2D eigenvalue weighted by Gasteiger charge is -2.29. The highest BCUT2D eigenvalue weighted by Crippen LogP contribution is 2.36. The van der Waals surface area contributed by atoms with Crippen molar-refractivity contribution in [2.75, 3.05) is 4.90 Å². The van der Waals surface area contributed by atoms with Crippen molar-refractivity contribution >= 4 is 34.0 Å². The first-order chi connectivity index (χ1) is 14.0. The number of benzene rings is 3. The first kappa shape index (κ1) is 20.0. The molecule has 0 saturated heterocycles. The molecule has 0 heterocycles. The maximum atomic E-state index is 2.38. The van der Waals surface area contributed by atoms with Crippen LogP contribution in [0.15, 0.2) is 90.7 Å². The van der Waals surface area contributed by atoms with Crippen molar-refractivity contribution in [3.8, 4) is 11.1 Å². The molecule has 2 heteroatoms. The Kier molecular flexibility index (Phi) is 5.91. The van der Waals surface area contributed by atoms with Crippen LogP contribution in [0.5, 0.6) is 0 Å². The zero-order valence-corrected chi connectivity index (χ0v) is 19.4. The minimum atomic E-state index is 0.552. The van der Waals surface area contributed by atoms with E-state index in [2.05, 4.69) is 133 Å². The highest BCUT2D eigenvalue weighted by molar-refractivity contribution is 14.1. The molecule has 146 valence electrons. The number of allylic oxidation sites excluding steroid dienone is 3. The van der Waals surface area contributed by atoms with Crippen molar-refractivity contribution in [1.29, 1.82) is 0 Å². The minimum absolute atomic E-state index is 0.552. The van der Waals surface area contributed by atoms with E-state index in [4.69, 9.17) is 0 Å². The second-order valence-corrected chi connectivity index (χ2v) is 9.08. The van der Waals surface area contributed by atoms with Gasteiger partial charge in [-0.15, -0.1) is 0 Å². The summed E-state index contributed by atoms with van der Waals surface area (Å²) in [6.45, 7) is 6.69. The van der Waals surface area contributed by atoms with Gasteiger partial charge in [0, 0.05) is 20.6 Å². The number of anilines is 2. The highest BCUT2D eigenvalue weighted by Gasteiger charge is 2.17. The van der Waals surface area contributed by atoms with Gasteiger partial charge in [-0.05, 0) is 114 Å². The molecule has 0 fully saturated rings. The third-order valence-electron chi connectivity index (χ3n) is 5.47. The van der Waals surface area contributed by atoms with E-state index in [-0.39, 0.29) is 0 Å². The van der Waals surface area contributed by atoms with Gasteiger partial charge < -0.3 is 4.90 Å². The van der Waals surface area contributed by atoms with Crippen LogP contribution in [0, 0.1) is 23.3 Å². The number of nitrogens with zero attached hydrogens (tertiary/aromatic N) is 1. The van der Waals surface area contributed by atoms with Gasteiger partial charge in [0.2, 0.25) is 0 Å². The van der Waals surface area contributed by atoms with Crippen LogP contribution in [0.4, 0.5) is 11.4 Å². The third kappa shape index (κ3) is 4.32. The molecule has 3 aromatic carbocycles. The van der Waals surface area contributed by atoms with Crippen LogP contribution in [-0.4, -0.2) is 0 Å². The summed E-state index contributed by atoms with van der Waals surface area (Å²) in [4.78, 5) is 2.36. The molecule has 0 aromatic heterocycles. The molecular formula is C27H26IN. The number of aryl methyl sites for hydroxylation is 2. The van der Waals surface area contributed by atoms with E-state index >= 15 is 0 Å². The Morgan fingerprint density at radius 3 is 2.17 bits per heavy atom. The molecule has 1 aliphatic carbocycles. The number of halogens is 1. The molecule has 1 aliphatic rings. The van der Waals surface area contributed by atoms with Crippen molar-refractivity contribution in [1.82, 2.24) is 0 Å². The molecule has 1 unspecified atom stereocenters. The Morgan fingerprint density at radius 1 is 0.828 bits per heavy atom. The minimum Gasteiger partial charge on any atom is -0.311 e. The predicted molar refractivity (Wildman–Crippen MR) is 134 cm³/mol.